The second kappa shape index (κ2) is 6.48. The van der Waals surface area contributed by atoms with Crippen molar-refractivity contribution in [2.24, 2.45) is 0 Å². The average Bonchev–Trinajstić information content (AvgIpc) is 2.56. The van der Waals surface area contributed by atoms with Gasteiger partial charge in [0.05, 0.1) is 6.10 Å². The Bertz CT molecular complexity index is 430. The maximum absolute atomic E-state index is 13.4. The standard InChI is InChI=1S/C13H19BFNO3/c1-10-8-16(5-2-6-19-10)9-11-3-4-13(15)12(7-11)14(17)18/h3-4,7,10,17-18H,2,5-6,8-9H2,1H3. The third-order valence-corrected chi connectivity index (χ3v) is 3.28. The van der Waals surface area contributed by atoms with Crippen molar-refractivity contribution in [1.29, 1.82) is 0 Å². The van der Waals surface area contributed by atoms with Crippen LogP contribution in [-0.2, 0) is 11.3 Å². The molecule has 0 amide bonds. The molecule has 6 heteroatoms. The highest BCUT2D eigenvalue weighted by Gasteiger charge is 2.19. The third-order valence-electron chi connectivity index (χ3n) is 3.28. The minimum atomic E-state index is -1.77. The Morgan fingerprint density at radius 1 is 1.47 bits per heavy atom. The first-order chi connectivity index (χ1) is 9.06. The van der Waals surface area contributed by atoms with Crippen LogP contribution in [0.1, 0.15) is 18.9 Å². The molecule has 0 saturated carbocycles. The van der Waals surface area contributed by atoms with E-state index < -0.39 is 12.9 Å². The number of ether oxygens (including phenoxy) is 1. The summed E-state index contributed by atoms with van der Waals surface area (Å²) >= 11 is 0. The van der Waals surface area contributed by atoms with Crippen molar-refractivity contribution in [3.63, 3.8) is 0 Å². The van der Waals surface area contributed by atoms with E-state index in [0.29, 0.717) is 6.54 Å². The number of hydrogen-bond donors (Lipinski definition) is 2. The van der Waals surface area contributed by atoms with Crippen LogP contribution in [0.4, 0.5) is 4.39 Å². The highest BCUT2D eigenvalue weighted by molar-refractivity contribution is 6.58. The van der Waals surface area contributed by atoms with E-state index in [0.717, 1.165) is 31.7 Å². The van der Waals surface area contributed by atoms with E-state index in [2.05, 4.69) is 4.90 Å². The van der Waals surface area contributed by atoms with Gasteiger partial charge in [-0.15, -0.1) is 0 Å². The molecular formula is C13H19BFNO3. The lowest BCUT2D eigenvalue weighted by Gasteiger charge is -2.22. The third kappa shape index (κ3) is 4.01. The largest absolute Gasteiger partial charge is 0.491 e. The summed E-state index contributed by atoms with van der Waals surface area (Å²) in [5.74, 6) is -0.591. The Balaban J connectivity index is 2.07. The molecule has 104 valence electrons. The van der Waals surface area contributed by atoms with Crippen molar-refractivity contribution in [1.82, 2.24) is 4.90 Å². The topological polar surface area (TPSA) is 52.9 Å². The lowest BCUT2D eigenvalue weighted by Crippen LogP contribution is -2.34. The maximum Gasteiger partial charge on any atom is 0.491 e. The van der Waals surface area contributed by atoms with Crippen LogP contribution in [0.5, 0.6) is 0 Å². The molecule has 1 aliphatic heterocycles. The molecule has 1 unspecified atom stereocenters. The van der Waals surface area contributed by atoms with Crippen LogP contribution in [0.2, 0.25) is 0 Å². The van der Waals surface area contributed by atoms with E-state index in [4.69, 9.17) is 14.8 Å². The smallest absolute Gasteiger partial charge is 0.423 e. The maximum atomic E-state index is 13.4. The zero-order valence-corrected chi connectivity index (χ0v) is 11.1. The van der Waals surface area contributed by atoms with Gasteiger partial charge in [-0.05, 0) is 25.0 Å². The minimum Gasteiger partial charge on any atom is -0.423 e. The molecule has 1 fully saturated rings. The minimum absolute atomic E-state index is 0.0726. The van der Waals surface area contributed by atoms with Crippen LogP contribution >= 0.6 is 0 Å². The van der Waals surface area contributed by atoms with Crippen LogP contribution in [-0.4, -0.2) is 47.9 Å². The van der Waals surface area contributed by atoms with Crippen molar-refractivity contribution >= 4 is 12.6 Å². The van der Waals surface area contributed by atoms with E-state index in [1.165, 1.54) is 12.1 Å². The van der Waals surface area contributed by atoms with Gasteiger partial charge in [-0.2, -0.15) is 0 Å². The first-order valence-corrected chi connectivity index (χ1v) is 6.54. The monoisotopic (exact) mass is 267 g/mol. The normalized spacial score (nSPS) is 21.2. The fourth-order valence-electron chi connectivity index (χ4n) is 2.37. The summed E-state index contributed by atoms with van der Waals surface area (Å²) in [5, 5.41) is 18.2. The van der Waals surface area contributed by atoms with E-state index >= 15 is 0 Å². The number of hydrogen-bond acceptors (Lipinski definition) is 4. The second-order valence-electron chi connectivity index (χ2n) is 5.00. The molecule has 1 heterocycles. The summed E-state index contributed by atoms with van der Waals surface area (Å²) in [5.41, 5.74) is 0.801. The van der Waals surface area contributed by atoms with Crippen molar-refractivity contribution in [3.05, 3.63) is 29.6 Å². The van der Waals surface area contributed by atoms with Gasteiger partial charge in [-0.1, -0.05) is 12.1 Å². The quantitative estimate of drug-likeness (QED) is 0.764. The van der Waals surface area contributed by atoms with E-state index in [1.54, 1.807) is 6.07 Å². The zero-order chi connectivity index (χ0) is 13.8. The molecule has 0 bridgehead atoms. The Morgan fingerprint density at radius 2 is 2.26 bits per heavy atom. The van der Waals surface area contributed by atoms with Gasteiger partial charge >= 0.3 is 7.12 Å². The molecule has 2 rings (SSSR count). The van der Waals surface area contributed by atoms with Crippen molar-refractivity contribution < 1.29 is 19.2 Å². The van der Waals surface area contributed by atoms with Crippen LogP contribution in [0.15, 0.2) is 18.2 Å². The molecule has 19 heavy (non-hydrogen) atoms. The zero-order valence-electron chi connectivity index (χ0n) is 11.1. The van der Waals surface area contributed by atoms with Crippen molar-refractivity contribution in [3.8, 4) is 0 Å². The van der Waals surface area contributed by atoms with Gasteiger partial charge in [0.25, 0.3) is 0 Å². The lowest BCUT2D eigenvalue weighted by atomic mass is 9.79. The molecule has 0 radical (unpaired) electrons. The predicted molar refractivity (Wildman–Crippen MR) is 71.5 cm³/mol. The summed E-state index contributed by atoms with van der Waals surface area (Å²) in [4.78, 5) is 2.23. The van der Waals surface area contributed by atoms with E-state index in [-0.39, 0.29) is 11.6 Å². The molecule has 1 aromatic rings. The molecule has 2 N–H and O–H groups in total. The van der Waals surface area contributed by atoms with E-state index in [9.17, 15) is 4.39 Å². The van der Waals surface area contributed by atoms with Crippen LogP contribution < -0.4 is 5.46 Å². The Morgan fingerprint density at radius 3 is 3.00 bits per heavy atom. The van der Waals surface area contributed by atoms with Crippen LogP contribution in [0, 0.1) is 5.82 Å². The Labute approximate surface area is 113 Å². The van der Waals surface area contributed by atoms with E-state index in [1.807, 2.05) is 6.92 Å². The predicted octanol–water partition coefficient (Wildman–Crippen LogP) is 0.116. The Kier molecular flexibility index (Phi) is 4.93. The van der Waals surface area contributed by atoms with Gasteiger partial charge in [0.2, 0.25) is 0 Å². The molecular weight excluding hydrogens is 248 g/mol. The molecule has 1 aliphatic rings. The molecule has 4 nitrogen and oxygen atoms in total. The first kappa shape index (κ1) is 14.5. The summed E-state index contributed by atoms with van der Waals surface area (Å²) in [6, 6.07) is 4.47. The average molecular weight is 267 g/mol. The lowest BCUT2D eigenvalue weighted by molar-refractivity contribution is 0.0668. The van der Waals surface area contributed by atoms with Crippen LogP contribution in [0.25, 0.3) is 0 Å². The number of halogens is 1. The summed E-state index contributed by atoms with van der Waals surface area (Å²) in [7, 11) is -1.77. The van der Waals surface area contributed by atoms with Gasteiger partial charge < -0.3 is 14.8 Å². The van der Waals surface area contributed by atoms with Gasteiger partial charge in [-0.25, -0.2) is 4.39 Å². The summed E-state index contributed by atoms with van der Waals surface area (Å²) in [6.07, 6.45) is 1.16. The SMILES string of the molecule is CC1CN(Cc2ccc(F)c(B(O)O)c2)CCCO1. The van der Waals surface area contributed by atoms with Crippen molar-refractivity contribution in [2.45, 2.75) is 26.0 Å². The number of nitrogens with zero attached hydrogens (tertiary/aromatic N) is 1. The van der Waals surface area contributed by atoms with Crippen LogP contribution in [0.3, 0.4) is 0 Å². The summed E-state index contributed by atoms with van der Waals surface area (Å²) in [6.45, 7) is 5.22. The molecule has 0 aliphatic carbocycles. The van der Waals surface area contributed by atoms with Gasteiger partial charge in [0.15, 0.2) is 0 Å². The second-order valence-corrected chi connectivity index (χ2v) is 5.00. The number of rotatable bonds is 3. The fraction of sp³-hybridized carbons (Fsp3) is 0.538. The molecule has 0 spiro atoms. The molecule has 1 aromatic carbocycles. The number of benzene rings is 1. The fourth-order valence-corrected chi connectivity index (χ4v) is 2.37. The highest BCUT2D eigenvalue weighted by atomic mass is 19.1. The van der Waals surface area contributed by atoms with Gasteiger partial charge in [-0.3, -0.25) is 4.90 Å². The van der Waals surface area contributed by atoms with Crippen molar-refractivity contribution in [2.75, 3.05) is 19.7 Å². The van der Waals surface area contributed by atoms with Gasteiger partial charge in [0.1, 0.15) is 5.82 Å². The first-order valence-electron chi connectivity index (χ1n) is 6.54. The highest BCUT2D eigenvalue weighted by Crippen LogP contribution is 2.11. The Hall–Kier alpha value is -0.945. The molecule has 0 aromatic heterocycles. The molecule has 1 atom stereocenters. The van der Waals surface area contributed by atoms with Gasteiger partial charge in [0, 0.05) is 31.7 Å². The summed E-state index contributed by atoms with van der Waals surface area (Å²) < 4.78 is 18.9. The molecule has 1 saturated heterocycles.